The maximum atomic E-state index is 5.95. The topological polar surface area (TPSA) is 27.7 Å². The second-order valence-electron chi connectivity index (χ2n) is 6.28. The largest absolute Gasteiger partial charge is 0.381 e. The highest BCUT2D eigenvalue weighted by atomic mass is 16.5. The summed E-state index contributed by atoms with van der Waals surface area (Å²) in [5.41, 5.74) is -0.0752. The van der Waals surface area contributed by atoms with Gasteiger partial charge >= 0.3 is 0 Å². The molecule has 0 spiro atoms. The molecule has 0 aliphatic carbocycles. The van der Waals surface area contributed by atoms with Crippen LogP contribution in [0.25, 0.3) is 0 Å². The Kier molecular flexibility index (Phi) is 15.8. The summed E-state index contributed by atoms with van der Waals surface area (Å²) >= 11 is 0. The van der Waals surface area contributed by atoms with Gasteiger partial charge in [-0.25, -0.2) is 0 Å². The Morgan fingerprint density at radius 2 is 1.26 bits per heavy atom. The van der Waals surface area contributed by atoms with E-state index in [9.17, 15) is 0 Å². The molecule has 0 aliphatic rings. The predicted molar refractivity (Wildman–Crippen MR) is 99.0 cm³/mol. The molecule has 136 valence electrons. The molecule has 23 heavy (non-hydrogen) atoms. The Balaban J connectivity index is 4.06. The molecule has 0 N–H and O–H groups in total. The van der Waals surface area contributed by atoms with Crippen molar-refractivity contribution < 1.29 is 14.2 Å². The van der Waals surface area contributed by atoms with Gasteiger partial charge in [0.05, 0.1) is 33.0 Å². The summed E-state index contributed by atoms with van der Waals surface area (Å²) in [6.07, 6.45) is 12.2. The predicted octanol–water partition coefficient (Wildman–Crippen LogP) is 5.17. The van der Waals surface area contributed by atoms with Gasteiger partial charge in [0.25, 0.3) is 0 Å². The Morgan fingerprint density at radius 1 is 0.739 bits per heavy atom. The number of hydrogen-bond donors (Lipinski definition) is 0. The van der Waals surface area contributed by atoms with E-state index in [1.54, 1.807) is 12.2 Å². The van der Waals surface area contributed by atoms with Crippen molar-refractivity contribution >= 4 is 0 Å². The van der Waals surface area contributed by atoms with E-state index in [-0.39, 0.29) is 5.41 Å². The van der Waals surface area contributed by atoms with Crippen molar-refractivity contribution in [2.75, 3.05) is 39.6 Å². The van der Waals surface area contributed by atoms with Gasteiger partial charge in [0.15, 0.2) is 0 Å². The number of hydrogen-bond acceptors (Lipinski definition) is 3. The molecule has 0 unspecified atom stereocenters. The molecule has 0 fully saturated rings. The van der Waals surface area contributed by atoms with Crippen LogP contribution < -0.4 is 0 Å². The first kappa shape index (κ1) is 22.4. The van der Waals surface area contributed by atoms with Gasteiger partial charge in [-0.3, -0.25) is 0 Å². The van der Waals surface area contributed by atoms with E-state index >= 15 is 0 Å². The van der Waals surface area contributed by atoms with Crippen LogP contribution >= 0.6 is 0 Å². The van der Waals surface area contributed by atoms with Crippen molar-refractivity contribution in [3.05, 3.63) is 25.3 Å². The van der Waals surface area contributed by atoms with Crippen molar-refractivity contribution in [3.8, 4) is 0 Å². The highest BCUT2D eigenvalue weighted by Gasteiger charge is 2.29. The van der Waals surface area contributed by atoms with Crippen LogP contribution in [0.4, 0.5) is 0 Å². The second kappa shape index (κ2) is 16.2. The molecule has 0 aliphatic heterocycles. The van der Waals surface area contributed by atoms with Crippen molar-refractivity contribution in [3.63, 3.8) is 0 Å². The molecular weight excluding hydrogens is 288 g/mol. The van der Waals surface area contributed by atoms with Gasteiger partial charge in [-0.15, -0.1) is 13.2 Å². The maximum absolute atomic E-state index is 5.95. The summed E-state index contributed by atoms with van der Waals surface area (Å²) in [5.74, 6) is 0. The first-order valence-electron chi connectivity index (χ1n) is 9.19. The van der Waals surface area contributed by atoms with Crippen LogP contribution in [0.2, 0.25) is 0 Å². The third-order valence-electron chi connectivity index (χ3n) is 4.09. The first-order valence-corrected chi connectivity index (χ1v) is 9.19. The quantitative estimate of drug-likeness (QED) is 0.257. The fraction of sp³-hybridized carbons (Fsp3) is 0.800. The number of unbranched alkanes of at least 4 members (excludes halogenated alkanes) is 5. The van der Waals surface area contributed by atoms with Crippen molar-refractivity contribution in [1.82, 2.24) is 0 Å². The fourth-order valence-corrected chi connectivity index (χ4v) is 2.42. The van der Waals surface area contributed by atoms with Crippen molar-refractivity contribution in [2.45, 2.75) is 58.8 Å². The van der Waals surface area contributed by atoms with Gasteiger partial charge in [0.1, 0.15) is 0 Å². The summed E-state index contributed by atoms with van der Waals surface area (Å²) in [6, 6.07) is 0. The molecule has 0 saturated heterocycles. The molecule has 0 atom stereocenters. The van der Waals surface area contributed by atoms with Crippen LogP contribution in [0.15, 0.2) is 25.3 Å². The van der Waals surface area contributed by atoms with Gasteiger partial charge in [-0.05, 0) is 12.8 Å². The summed E-state index contributed by atoms with van der Waals surface area (Å²) in [7, 11) is 0. The smallest absolute Gasteiger partial charge is 0.0645 e. The lowest BCUT2D eigenvalue weighted by molar-refractivity contribution is -0.0637. The summed E-state index contributed by atoms with van der Waals surface area (Å²) in [6.45, 7) is 15.8. The van der Waals surface area contributed by atoms with Gasteiger partial charge < -0.3 is 14.2 Å². The Bertz CT molecular complexity index is 262. The van der Waals surface area contributed by atoms with E-state index in [1.807, 2.05) is 0 Å². The molecule has 3 nitrogen and oxygen atoms in total. The molecule has 0 bridgehead atoms. The van der Waals surface area contributed by atoms with E-state index < -0.39 is 0 Å². The molecule has 0 rings (SSSR count). The average Bonchev–Trinajstić information content (AvgIpc) is 2.57. The van der Waals surface area contributed by atoms with Crippen LogP contribution in [-0.2, 0) is 14.2 Å². The highest BCUT2D eigenvalue weighted by Crippen LogP contribution is 2.24. The van der Waals surface area contributed by atoms with E-state index in [0.29, 0.717) is 33.0 Å². The number of ether oxygens (including phenoxy) is 3. The maximum Gasteiger partial charge on any atom is 0.0645 e. The highest BCUT2D eigenvalue weighted by molar-refractivity contribution is 4.79. The molecule has 0 amide bonds. The molecule has 0 saturated carbocycles. The van der Waals surface area contributed by atoms with E-state index in [1.165, 1.54) is 32.1 Å². The first-order chi connectivity index (χ1) is 11.2. The summed E-state index contributed by atoms with van der Waals surface area (Å²) < 4.78 is 17.3. The van der Waals surface area contributed by atoms with E-state index in [4.69, 9.17) is 14.2 Å². The van der Waals surface area contributed by atoms with Crippen LogP contribution in [0.3, 0.4) is 0 Å². The standard InChI is InChI=1S/C20H38O3/c1-5-9-10-11-12-13-16-23-19-20(8-4,17-21-14-6-2)18-22-15-7-3/h6-7H,2-3,5,8-19H2,1,4H3. The Hall–Kier alpha value is -0.640. The molecule has 0 radical (unpaired) electrons. The molecule has 0 aromatic rings. The third-order valence-corrected chi connectivity index (χ3v) is 4.09. The zero-order valence-electron chi connectivity index (χ0n) is 15.5. The monoisotopic (exact) mass is 326 g/mol. The van der Waals surface area contributed by atoms with Gasteiger partial charge in [-0.2, -0.15) is 0 Å². The Morgan fingerprint density at radius 3 is 1.78 bits per heavy atom. The zero-order chi connectivity index (χ0) is 17.2. The molecule has 0 aromatic heterocycles. The normalized spacial score (nSPS) is 11.6. The van der Waals surface area contributed by atoms with Crippen molar-refractivity contribution in [1.29, 1.82) is 0 Å². The summed E-state index contributed by atoms with van der Waals surface area (Å²) in [5, 5.41) is 0. The average molecular weight is 327 g/mol. The minimum atomic E-state index is -0.0752. The third kappa shape index (κ3) is 12.4. The van der Waals surface area contributed by atoms with Crippen LogP contribution in [0.1, 0.15) is 58.8 Å². The lowest BCUT2D eigenvalue weighted by atomic mass is 9.88. The minimum absolute atomic E-state index is 0.0752. The van der Waals surface area contributed by atoms with Crippen LogP contribution in [0, 0.1) is 5.41 Å². The lowest BCUT2D eigenvalue weighted by Crippen LogP contribution is -2.37. The number of rotatable bonds is 18. The van der Waals surface area contributed by atoms with E-state index in [2.05, 4.69) is 27.0 Å². The summed E-state index contributed by atoms with van der Waals surface area (Å²) in [4.78, 5) is 0. The zero-order valence-corrected chi connectivity index (χ0v) is 15.5. The van der Waals surface area contributed by atoms with Crippen LogP contribution in [-0.4, -0.2) is 39.6 Å². The van der Waals surface area contributed by atoms with Crippen LogP contribution in [0.5, 0.6) is 0 Å². The van der Waals surface area contributed by atoms with Gasteiger partial charge in [-0.1, -0.05) is 58.1 Å². The minimum Gasteiger partial charge on any atom is -0.381 e. The molecular formula is C20H38O3. The second-order valence-corrected chi connectivity index (χ2v) is 6.28. The van der Waals surface area contributed by atoms with E-state index in [0.717, 1.165) is 19.4 Å². The molecule has 3 heteroatoms. The fourth-order valence-electron chi connectivity index (χ4n) is 2.42. The lowest BCUT2D eigenvalue weighted by Gasteiger charge is -2.32. The SMILES string of the molecule is C=CCOCC(CC)(COCC=C)COCCCCCCCC. The molecule has 0 heterocycles. The Labute approximate surface area is 144 Å². The van der Waals surface area contributed by atoms with Gasteiger partial charge in [0.2, 0.25) is 0 Å². The van der Waals surface area contributed by atoms with Crippen molar-refractivity contribution in [2.24, 2.45) is 5.41 Å². The molecule has 0 aromatic carbocycles. The van der Waals surface area contributed by atoms with Gasteiger partial charge in [0, 0.05) is 12.0 Å².